The van der Waals surface area contributed by atoms with Crippen LogP contribution in [0.2, 0.25) is 0 Å². The molecule has 94 valence electrons. The van der Waals surface area contributed by atoms with Crippen molar-refractivity contribution in [1.29, 1.82) is 0 Å². The van der Waals surface area contributed by atoms with E-state index in [9.17, 15) is 5.11 Å². The second-order valence-corrected chi connectivity index (χ2v) is 5.20. The Morgan fingerprint density at radius 2 is 1.61 bits per heavy atom. The van der Waals surface area contributed by atoms with Gasteiger partial charge in [0.1, 0.15) is 5.75 Å². The second kappa shape index (κ2) is 5.26. The van der Waals surface area contributed by atoms with Gasteiger partial charge in [-0.1, -0.05) is 50.2 Å². The topological polar surface area (TPSA) is 20.2 Å². The number of phenolic OH excluding ortho intramolecular Hbond substituents is 1. The average molecular weight is 240 g/mol. The highest BCUT2D eigenvalue weighted by atomic mass is 16.3. The standard InChI is InChI=1S/C17H20O/c1-12(2)11-14-7-4-5-8-16(14)15-9-6-10-17(18)13(15)3/h4-10,12,18H,11H2,1-3H3. The van der Waals surface area contributed by atoms with Gasteiger partial charge in [-0.15, -0.1) is 0 Å². The molecule has 0 saturated carbocycles. The third-order valence-electron chi connectivity index (χ3n) is 3.24. The third-order valence-corrected chi connectivity index (χ3v) is 3.24. The lowest BCUT2D eigenvalue weighted by Gasteiger charge is -2.14. The van der Waals surface area contributed by atoms with E-state index in [1.165, 1.54) is 11.1 Å². The summed E-state index contributed by atoms with van der Waals surface area (Å²) in [5.41, 5.74) is 4.67. The predicted octanol–water partition coefficient (Wildman–Crippen LogP) is 4.57. The van der Waals surface area contributed by atoms with Crippen molar-refractivity contribution in [3.05, 3.63) is 53.6 Å². The molecule has 0 atom stereocenters. The van der Waals surface area contributed by atoms with Gasteiger partial charge in [-0.2, -0.15) is 0 Å². The van der Waals surface area contributed by atoms with Crippen LogP contribution in [0.5, 0.6) is 5.75 Å². The van der Waals surface area contributed by atoms with Crippen molar-refractivity contribution in [3.63, 3.8) is 0 Å². The Labute approximate surface area is 109 Å². The van der Waals surface area contributed by atoms with E-state index in [0.29, 0.717) is 11.7 Å². The number of hydrogen-bond acceptors (Lipinski definition) is 1. The maximum absolute atomic E-state index is 9.83. The molecular weight excluding hydrogens is 220 g/mol. The first-order valence-corrected chi connectivity index (χ1v) is 6.46. The van der Waals surface area contributed by atoms with Crippen LogP contribution in [0.3, 0.4) is 0 Å². The fourth-order valence-corrected chi connectivity index (χ4v) is 2.32. The first-order chi connectivity index (χ1) is 8.59. The van der Waals surface area contributed by atoms with Crippen LogP contribution in [0.25, 0.3) is 11.1 Å². The summed E-state index contributed by atoms with van der Waals surface area (Å²) in [5, 5.41) is 9.83. The maximum Gasteiger partial charge on any atom is 0.119 e. The number of phenols is 1. The van der Waals surface area contributed by atoms with Crippen molar-refractivity contribution in [2.24, 2.45) is 5.92 Å². The van der Waals surface area contributed by atoms with Gasteiger partial charge in [0.15, 0.2) is 0 Å². The lowest BCUT2D eigenvalue weighted by Crippen LogP contribution is -1.97. The fourth-order valence-electron chi connectivity index (χ4n) is 2.32. The minimum absolute atomic E-state index is 0.367. The summed E-state index contributed by atoms with van der Waals surface area (Å²) in [6.45, 7) is 6.43. The summed E-state index contributed by atoms with van der Waals surface area (Å²) in [4.78, 5) is 0. The fraction of sp³-hybridized carbons (Fsp3) is 0.294. The van der Waals surface area contributed by atoms with Gasteiger partial charge in [-0.05, 0) is 47.6 Å². The van der Waals surface area contributed by atoms with E-state index in [1.807, 2.05) is 13.0 Å². The van der Waals surface area contributed by atoms with Gasteiger partial charge in [-0.3, -0.25) is 0 Å². The van der Waals surface area contributed by atoms with Crippen molar-refractivity contribution >= 4 is 0 Å². The van der Waals surface area contributed by atoms with E-state index < -0.39 is 0 Å². The van der Waals surface area contributed by atoms with Crippen molar-refractivity contribution in [3.8, 4) is 16.9 Å². The summed E-state index contributed by atoms with van der Waals surface area (Å²) in [7, 11) is 0. The first-order valence-electron chi connectivity index (χ1n) is 6.46. The van der Waals surface area contributed by atoms with Gasteiger partial charge in [0, 0.05) is 0 Å². The molecule has 0 aromatic heterocycles. The van der Waals surface area contributed by atoms with E-state index in [2.05, 4.69) is 44.2 Å². The molecule has 0 heterocycles. The SMILES string of the molecule is Cc1c(O)cccc1-c1ccccc1CC(C)C. The summed E-state index contributed by atoms with van der Waals surface area (Å²) < 4.78 is 0. The van der Waals surface area contributed by atoms with Crippen LogP contribution in [0.1, 0.15) is 25.0 Å². The van der Waals surface area contributed by atoms with E-state index >= 15 is 0 Å². The number of benzene rings is 2. The quantitative estimate of drug-likeness (QED) is 0.833. The molecule has 18 heavy (non-hydrogen) atoms. The molecule has 0 aliphatic heterocycles. The molecule has 0 bridgehead atoms. The highest BCUT2D eigenvalue weighted by Gasteiger charge is 2.10. The number of hydrogen-bond donors (Lipinski definition) is 1. The molecule has 0 unspecified atom stereocenters. The molecule has 0 radical (unpaired) electrons. The maximum atomic E-state index is 9.83. The second-order valence-electron chi connectivity index (χ2n) is 5.20. The molecule has 1 N–H and O–H groups in total. The van der Waals surface area contributed by atoms with Gasteiger partial charge in [0.05, 0.1) is 0 Å². The monoisotopic (exact) mass is 240 g/mol. The summed E-state index contributed by atoms with van der Waals surface area (Å²) in [6.07, 6.45) is 1.06. The van der Waals surface area contributed by atoms with E-state index in [1.54, 1.807) is 6.07 Å². The Bertz CT molecular complexity index is 541. The van der Waals surface area contributed by atoms with Gasteiger partial charge < -0.3 is 5.11 Å². The molecule has 1 nitrogen and oxygen atoms in total. The molecule has 0 aliphatic carbocycles. The predicted molar refractivity (Wildman–Crippen MR) is 76.8 cm³/mol. The summed E-state index contributed by atoms with van der Waals surface area (Å²) >= 11 is 0. The molecule has 0 saturated heterocycles. The molecule has 0 aliphatic rings. The van der Waals surface area contributed by atoms with E-state index in [4.69, 9.17) is 0 Å². The lowest BCUT2D eigenvalue weighted by molar-refractivity contribution is 0.471. The van der Waals surface area contributed by atoms with Crippen LogP contribution in [0.15, 0.2) is 42.5 Å². The summed E-state index contributed by atoms with van der Waals surface area (Å²) in [6, 6.07) is 14.2. The van der Waals surface area contributed by atoms with Crippen LogP contribution < -0.4 is 0 Å². The average Bonchev–Trinajstić information content (AvgIpc) is 2.33. The molecule has 0 amide bonds. The smallest absolute Gasteiger partial charge is 0.119 e. The van der Waals surface area contributed by atoms with Crippen molar-refractivity contribution in [1.82, 2.24) is 0 Å². The van der Waals surface area contributed by atoms with Crippen molar-refractivity contribution < 1.29 is 5.11 Å². The van der Waals surface area contributed by atoms with Gasteiger partial charge in [0.2, 0.25) is 0 Å². The van der Waals surface area contributed by atoms with Crippen LogP contribution in [-0.2, 0) is 6.42 Å². The molecule has 1 heteroatoms. The minimum Gasteiger partial charge on any atom is -0.508 e. The van der Waals surface area contributed by atoms with Crippen molar-refractivity contribution in [2.75, 3.05) is 0 Å². The van der Waals surface area contributed by atoms with Crippen LogP contribution in [-0.4, -0.2) is 5.11 Å². The molecule has 2 aromatic rings. The Hall–Kier alpha value is -1.76. The number of aromatic hydroxyl groups is 1. The van der Waals surface area contributed by atoms with Crippen LogP contribution >= 0.6 is 0 Å². The molecule has 0 fully saturated rings. The Morgan fingerprint density at radius 3 is 2.33 bits per heavy atom. The highest BCUT2D eigenvalue weighted by molar-refractivity contribution is 5.72. The van der Waals surface area contributed by atoms with E-state index in [-0.39, 0.29) is 0 Å². The minimum atomic E-state index is 0.367. The van der Waals surface area contributed by atoms with Gasteiger partial charge in [0.25, 0.3) is 0 Å². The highest BCUT2D eigenvalue weighted by Crippen LogP contribution is 2.32. The lowest BCUT2D eigenvalue weighted by atomic mass is 9.91. The molecule has 0 spiro atoms. The van der Waals surface area contributed by atoms with Gasteiger partial charge in [-0.25, -0.2) is 0 Å². The normalized spacial score (nSPS) is 10.9. The Balaban J connectivity index is 2.53. The van der Waals surface area contributed by atoms with Crippen molar-refractivity contribution in [2.45, 2.75) is 27.2 Å². The third kappa shape index (κ3) is 2.56. The Morgan fingerprint density at radius 1 is 0.944 bits per heavy atom. The first kappa shape index (κ1) is 12.7. The largest absolute Gasteiger partial charge is 0.508 e. The zero-order valence-electron chi connectivity index (χ0n) is 11.3. The van der Waals surface area contributed by atoms with Crippen LogP contribution in [0, 0.1) is 12.8 Å². The van der Waals surface area contributed by atoms with Crippen LogP contribution in [0.4, 0.5) is 0 Å². The Kier molecular flexibility index (Phi) is 3.71. The zero-order chi connectivity index (χ0) is 13.1. The van der Waals surface area contributed by atoms with Gasteiger partial charge >= 0.3 is 0 Å². The zero-order valence-corrected chi connectivity index (χ0v) is 11.3. The molecule has 2 rings (SSSR count). The van der Waals surface area contributed by atoms with E-state index in [0.717, 1.165) is 17.5 Å². The molecule has 2 aromatic carbocycles. The molecular formula is C17H20O. The number of rotatable bonds is 3. The summed E-state index contributed by atoms with van der Waals surface area (Å²) in [5.74, 6) is 0.996.